The van der Waals surface area contributed by atoms with E-state index in [1.54, 1.807) is 0 Å². The average Bonchev–Trinajstić information content (AvgIpc) is 2.44. The van der Waals surface area contributed by atoms with Gasteiger partial charge in [-0.2, -0.15) is 0 Å². The van der Waals surface area contributed by atoms with Crippen molar-refractivity contribution in [3.63, 3.8) is 0 Å². The predicted octanol–water partition coefficient (Wildman–Crippen LogP) is -3.21. The molecule has 25 heavy (non-hydrogen) atoms. The highest BCUT2D eigenvalue weighted by molar-refractivity contribution is 5.92. The molecule has 0 spiro atoms. The number of hydrogen-bond acceptors (Lipinski definition) is 7. The summed E-state index contributed by atoms with van der Waals surface area (Å²) < 4.78 is 0. The Hall–Kier alpha value is -3.22. The smallest absolute Gasteiger partial charge is 0.326 e. The van der Waals surface area contributed by atoms with Crippen LogP contribution in [-0.2, 0) is 28.8 Å². The molecular formula is C12H17N3O10. The van der Waals surface area contributed by atoms with Crippen LogP contribution >= 0.6 is 0 Å². The largest absolute Gasteiger partial charge is 0.481 e. The van der Waals surface area contributed by atoms with Gasteiger partial charge in [-0.3, -0.25) is 19.2 Å². The summed E-state index contributed by atoms with van der Waals surface area (Å²) in [5.41, 5.74) is 5.11. The number of hydrogen-bond donors (Lipinski definition) is 7. The zero-order valence-corrected chi connectivity index (χ0v) is 12.7. The first kappa shape index (κ1) is 21.8. The maximum absolute atomic E-state index is 11.7. The fraction of sp³-hybridized carbons (Fsp3) is 0.500. The van der Waals surface area contributed by atoms with Crippen LogP contribution in [0.3, 0.4) is 0 Å². The number of carboxylic acid groups (broad SMARTS) is 4. The molecule has 8 N–H and O–H groups in total. The molecule has 13 heteroatoms. The van der Waals surface area contributed by atoms with E-state index in [2.05, 4.69) is 0 Å². The Morgan fingerprint density at radius 1 is 0.680 bits per heavy atom. The molecule has 0 saturated carbocycles. The lowest BCUT2D eigenvalue weighted by molar-refractivity contribution is -0.148. The number of carboxylic acids is 4. The van der Waals surface area contributed by atoms with Crippen LogP contribution < -0.4 is 16.4 Å². The van der Waals surface area contributed by atoms with Crippen LogP contribution in [0.5, 0.6) is 0 Å². The van der Waals surface area contributed by atoms with Crippen molar-refractivity contribution in [3.8, 4) is 0 Å². The molecule has 0 heterocycles. The Morgan fingerprint density at radius 3 is 1.44 bits per heavy atom. The van der Waals surface area contributed by atoms with Gasteiger partial charge in [0.1, 0.15) is 18.1 Å². The average molecular weight is 363 g/mol. The quantitative estimate of drug-likeness (QED) is 0.193. The number of carbonyl (C=O) groups is 6. The number of amides is 2. The molecule has 0 bridgehead atoms. The van der Waals surface area contributed by atoms with Crippen LogP contribution in [0.15, 0.2) is 0 Å². The number of nitrogens with one attached hydrogen (secondary N) is 2. The van der Waals surface area contributed by atoms with Gasteiger partial charge < -0.3 is 36.8 Å². The molecule has 0 saturated heterocycles. The van der Waals surface area contributed by atoms with E-state index in [0.717, 1.165) is 0 Å². The van der Waals surface area contributed by atoms with E-state index in [1.807, 2.05) is 10.6 Å². The molecule has 0 aromatic rings. The highest BCUT2D eigenvalue weighted by Gasteiger charge is 2.28. The summed E-state index contributed by atoms with van der Waals surface area (Å²) in [5.74, 6) is -8.45. The summed E-state index contributed by atoms with van der Waals surface area (Å²) in [6.45, 7) is 0. The molecule has 140 valence electrons. The first-order chi connectivity index (χ1) is 11.4. The Balaban J connectivity index is 4.79. The molecule has 13 nitrogen and oxygen atoms in total. The first-order valence-electron chi connectivity index (χ1n) is 6.68. The molecule has 0 aliphatic rings. The second-order valence-electron chi connectivity index (χ2n) is 4.87. The van der Waals surface area contributed by atoms with E-state index in [1.165, 1.54) is 0 Å². The van der Waals surface area contributed by atoms with Crippen LogP contribution in [-0.4, -0.2) is 74.2 Å². The lowest BCUT2D eigenvalue weighted by atomic mass is 10.1. The second kappa shape index (κ2) is 9.82. The maximum Gasteiger partial charge on any atom is 0.326 e. The van der Waals surface area contributed by atoms with Crippen molar-refractivity contribution in [2.24, 2.45) is 5.73 Å². The minimum atomic E-state index is -1.78. The third-order valence-electron chi connectivity index (χ3n) is 2.76. The van der Waals surface area contributed by atoms with Gasteiger partial charge in [-0.25, -0.2) is 9.59 Å². The SMILES string of the molecule is N[C@H](CC(=O)N[C@H](CC(=O)N[C@H](CC(=O)O)C(=O)O)C(=O)O)C(=O)O. The van der Waals surface area contributed by atoms with Crippen molar-refractivity contribution in [2.45, 2.75) is 37.4 Å². The van der Waals surface area contributed by atoms with Crippen molar-refractivity contribution in [1.82, 2.24) is 10.6 Å². The normalized spacial score (nSPS) is 13.8. The van der Waals surface area contributed by atoms with Crippen molar-refractivity contribution in [2.75, 3.05) is 0 Å². The first-order valence-corrected chi connectivity index (χ1v) is 6.68. The van der Waals surface area contributed by atoms with Gasteiger partial charge in [-0.05, 0) is 0 Å². The fourth-order valence-corrected chi connectivity index (χ4v) is 1.55. The molecule has 0 aliphatic heterocycles. The van der Waals surface area contributed by atoms with Gasteiger partial charge in [0, 0.05) is 0 Å². The number of rotatable bonds is 11. The summed E-state index contributed by atoms with van der Waals surface area (Å²) >= 11 is 0. The second-order valence-corrected chi connectivity index (χ2v) is 4.87. The maximum atomic E-state index is 11.7. The highest BCUT2D eigenvalue weighted by Crippen LogP contribution is 1.99. The van der Waals surface area contributed by atoms with Crippen molar-refractivity contribution in [1.29, 1.82) is 0 Å². The molecule has 0 aromatic heterocycles. The summed E-state index contributed by atoms with van der Waals surface area (Å²) in [7, 11) is 0. The Labute approximate surface area is 139 Å². The molecule has 0 fully saturated rings. The number of carbonyl (C=O) groups excluding carboxylic acids is 2. The van der Waals surface area contributed by atoms with Gasteiger partial charge in [0.2, 0.25) is 11.8 Å². The Kier molecular flexibility index (Phi) is 8.55. The molecule has 3 atom stereocenters. The van der Waals surface area contributed by atoms with Gasteiger partial charge in [-0.1, -0.05) is 0 Å². The van der Waals surface area contributed by atoms with E-state index in [4.69, 9.17) is 26.2 Å². The molecule has 0 unspecified atom stereocenters. The van der Waals surface area contributed by atoms with Gasteiger partial charge in [0.05, 0.1) is 19.3 Å². The summed E-state index contributed by atoms with van der Waals surface area (Å²) in [4.78, 5) is 66.0. The summed E-state index contributed by atoms with van der Waals surface area (Å²) in [6.07, 6.45) is -2.57. The number of aliphatic carboxylic acids is 4. The molecule has 0 aromatic carbocycles. The predicted molar refractivity (Wildman–Crippen MR) is 76.2 cm³/mol. The van der Waals surface area contributed by atoms with Crippen molar-refractivity contribution < 1.29 is 49.2 Å². The van der Waals surface area contributed by atoms with Crippen molar-refractivity contribution in [3.05, 3.63) is 0 Å². The van der Waals surface area contributed by atoms with Crippen LogP contribution in [0.4, 0.5) is 0 Å². The van der Waals surface area contributed by atoms with E-state index >= 15 is 0 Å². The summed E-state index contributed by atoms with van der Waals surface area (Å²) in [6, 6.07) is -5.14. The minimum Gasteiger partial charge on any atom is -0.481 e. The number of nitrogens with two attached hydrogens (primary N) is 1. The zero-order valence-electron chi connectivity index (χ0n) is 12.7. The third-order valence-corrected chi connectivity index (χ3v) is 2.76. The standard InChI is InChI=1S/C12H17N3O10/c13-4(10(20)21)1-7(16)14-5(11(22)23)2-8(17)15-6(12(24)25)3-9(18)19/h4-6H,1-3,13H2,(H,14,16)(H,15,17)(H,18,19)(H,20,21)(H,22,23)(H,24,25)/t4-,5-,6-/m1/s1. The van der Waals surface area contributed by atoms with E-state index < -0.39 is 73.1 Å². The van der Waals surface area contributed by atoms with Gasteiger partial charge in [0.15, 0.2) is 0 Å². The molecular weight excluding hydrogens is 346 g/mol. The molecule has 0 rings (SSSR count). The van der Waals surface area contributed by atoms with Gasteiger partial charge >= 0.3 is 23.9 Å². The lowest BCUT2D eigenvalue weighted by Crippen LogP contribution is -2.49. The lowest BCUT2D eigenvalue weighted by Gasteiger charge is -2.17. The zero-order chi connectivity index (χ0) is 19.7. The third kappa shape index (κ3) is 8.85. The van der Waals surface area contributed by atoms with Crippen LogP contribution in [0, 0.1) is 0 Å². The van der Waals surface area contributed by atoms with Crippen molar-refractivity contribution >= 4 is 35.7 Å². The van der Waals surface area contributed by atoms with E-state index in [0.29, 0.717) is 0 Å². The monoisotopic (exact) mass is 363 g/mol. The van der Waals surface area contributed by atoms with E-state index in [9.17, 15) is 28.8 Å². The van der Waals surface area contributed by atoms with Gasteiger partial charge in [-0.15, -0.1) is 0 Å². The Bertz CT molecular complexity index is 575. The van der Waals surface area contributed by atoms with E-state index in [-0.39, 0.29) is 0 Å². The fourth-order valence-electron chi connectivity index (χ4n) is 1.55. The topological polar surface area (TPSA) is 233 Å². The summed E-state index contributed by atoms with van der Waals surface area (Å²) in [5, 5.41) is 38.5. The van der Waals surface area contributed by atoms with Crippen LogP contribution in [0.25, 0.3) is 0 Å². The minimum absolute atomic E-state index is 0.739. The molecule has 0 aliphatic carbocycles. The Morgan fingerprint density at radius 2 is 1.08 bits per heavy atom. The van der Waals surface area contributed by atoms with Crippen LogP contribution in [0.2, 0.25) is 0 Å². The molecule has 0 radical (unpaired) electrons. The van der Waals surface area contributed by atoms with Gasteiger partial charge in [0.25, 0.3) is 0 Å². The molecule has 2 amide bonds. The van der Waals surface area contributed by atoms with Crippen LogP contribution in [0.1, 0.15) is 19.3 Å². The highest BCUT2D eigenvalue weighted by atomic mass is 16.4.